The number of phenolic OH excluding ortho intramolecular Hbond substituents is 1. The fourth-order valence-electron chi connectivity index (χ4n) is 9.75. The smallest absolute Gasteiger partial charge is 0.417 e. The van der Waals surface area contributed by atoms with Crippen molar-refractivity contribution in [2.75, 3.05) is 12.5 Å². The van der Waals surface area contributed by atoms with Gasteiger partial charge in [0.2, 0.25) is 11.8 Å². The van der Waals surface area contributed by atoms with Crippen LogP contribution in [0.3, 0.4) is 0 Å². The number of pyridine rings is 1. The van der Waals surface area contributed by atoms with E-state index in [4.69, 9.17) is 27.9 Å². The fraction of sp³-hybridized carbons (Fsp3) is 0.410. The summed E-state index contributed by atoms with van der Waals surface area (Å²) in [5, 5.41) is 12.3. The lowest BCUT2D eigenvalue weighted by atomic mass is 9.49. The first-order valence-corrected chi connectivity index (χ1v) is 18.6. The standard InChI is InChI=1S/C39H35Cl2F3N4O6/c1-54-23-11-12-25(30(49)16-23)32-24-13-14-26-31(36(52)47(34(26)50)22-5-3-2-4-6-22)27(24)17-28-35(51)48(37(53)38(28,32)19-7-9-21(40)10-8-19)46-33-29(41)15-20(18-45-33)39(42,43)44/h7-13,15-16,18,22,26-28,31-32,49H,2-6,14,17H2,1H3,(H,45,46). The highest BCUT2D eigenvalue weighted by molar-refractivity contribution is 6.33. The Labute approximate surface area is 318 Å². The van der Waals surface area contributed by atoms with Crippen LogP contribution in [0.5, 0.6) is 11.5 Å². The fourth-order valence-corrected chi connectivity index (χ4v) is 10.1. The van der Waals surface area contributed by atoms with Crippen LogP contribution in [0.4, 0.5) is 19.0 Å². The quantitative estimate of drug-likeness (QED) is 0.195. The molecule has 2 saturated heterocycles. The number of amides is 4. The number of rotatable bonds is 6. The van der Waals surface area contributed by atoms with Crippen LogP contribution in [0.1, 0.15) is 67.6 Å². The number of hydrogen-bond acceptors (Lipinski definition) is 8. The number of methoxy groups -OCH3 is 1. The van der Waals surface area contributed by atoms with Crippen molar-refractivity contribution in [1.82, 2.24) is 14.9 Å². The summed E-state index contributed by atoms with van der Waals surface area (Å²) in [6.07, 6.45) is 2.17. The average Bonchev–Trinajstić information content (AvgIpc) is 3.53. The van der Waals surface area contributed by atoms with Crippen LogP contribution in [0, 0.1) is 23.7 Å². The normalized spacial score (nSPS) is 28.5. The summed E-state index contributed by atoms with van der Waals surface area (Å²) in [6, 6.07) is 11.5. The molecule has 54 heavy (non-hydrogen) atoms. The third-order valence-electron chi connectivity index (χ3n) is 12.1. The Morgan fingerprint density at radius 3 is 2.31 bits per heavy atom. The lowest BCUT2D eigenvalue weighted by molar-refractivity contribution is -0.144. The molecule has 0 radical (unpaired) electrons. The molecule has 2 aliphatic heterocycles. The Balaban J connectivity index is 1.31. The predicted molar refractivity (Wildman–Crippen MR) is 190 cm³/mol. The maximum atomic E-state index is 15.3. The Bertz CT molecular complexity index is 2110. The maximum Gasteiger partial charge on any atom is 0.417 e. The highest BCUT2D eigenvalue weighted by Crippen LogP contribution is 2.65. The Morgan fingerprint density at radius 2 is 1.67 bits per heavy atom. The molecular weight excluding hydrogens is 748 g/mol. The summed E-state index contributed by atoms with van der Waals surface area (Å²) < 4.78 is 45.8. The Morgan fingerprint density at radius 1 is 0.944 bits per heavy atom. The van der Waals surface area contributed by atoms with Gasteiger partial charge < -0.3 is 9.84 Å². The number of halogens is 5. The van der Waals surface area contributed by atoms with Gasteiger partial charge in [-0.15, -0.1) is 0 Å². The van der Waals surface area contributed by atoms with Crippen molar-refractivity contribution in [3.63, 3.8) is 0 Å². The molecule has 282 valence electrons. The number of fused-ring (bicyclic) bond motifs is 4. The van der Waals surface area contributed by atoms with E-state index < -0.39 is 63.6 Å². The van der Waals surface area contributed by atoms with Gasteiger partial charge in [-0.3, -0.25) is 29.5 Å². The first-order valence-electron chi connectivity index (χ1n) is 17.8. The number of nitrogens with one attached hydrogen (secondary N) is 1. The van der Waals surface area contributed by atoms with Gasteiger partial charge in [0, 0.05) is 34.8 Å². The summed E-state index contributed by atoms with van der Waals surface area (Å²) >= 11 is 12.6. The summed E-state index contributed by atoms with van der Waals surface area (Å²) in [6.45, 7) is 0. The molecule has 8 rings (SSSR count). The molecule has 3 aliphatic carbocycles. The number of phenols is 1. The number of aromatic nitrogens is 1. The monoisotopic (exact) mass is 782 g/mol. The summed E-state index contributed by atoms with van der Waals surface area (Å²) in [5.74, 6) is -6.69. The minimum absolute atomic E-state index is 0.0164. The predicted octanol–water partition coefficient (Wildman–Crippen LogP) is 7.44. The number of anilines is 1. The van der Waals surface area contributed by atoms with Gasteiger partial charge >= 0.3 is 6.18 Å². The maximum absolute atomic E-state index is 15.3. The van der Waals surface area contributed by atoms with Gasteiger partial charge in [0.25, 0.3) is 11.8 Å². The van der Waals surface area contributed by atoms with Gasteiger partial charge in [-0.25, -0.2) is 4.98 Å². The zero-order valence-corrected chi connectivity index (χ0v) is 30.4. The van der Waals surface area contributed by atoms with E-state index in [0.717, 1.165) is 37.1 Å². The molecule has 3 aromatic rings. The van der Waals surface area contributed by atoms with E-state index in [2.05, 4.69) is 10.4 Å². The zero-order chi connectivity index (χ0) is 38.3. The number of hydrogen-bond donors (Lipinski definition) is 2. The number of aromatic hydroxyl groups is 1. The summed E-state index contributed by atoms with van der Waals surface area (Å²) in [5.41, 5.74) is 1.00. The number of carbonyl (C=O) groups excluding carboxylic acids is 4. The molecule has 15 heteroatoms. The number of hydrazine groups is 1. The second-order valence-electron chi connectivity index (χ2n) is 14.7. The average molecular weight is 784 g/mol. The van der Waals surface area contributed by atoms with Gasteiger partial charge in [0.05, 0.1) is 40.9 Å². The highest BCUT2D eigenvalue weighted by Gasteiger charge is 2.71. The van der Waals surface area contributed by atoms with Gasteiger partial charge in [-0.2, -0.15) is 18.2 Å². The molecule has 4 fully saturated rings. The van der Waals surface area contributed by atoms with Crippen LogP contribution in [0.25, 0.3) is 0 Å². The van der Waals surface area contributed by atoms with Crippen molar-refractivity contribution in [2.24, 2.45) is 23.7 Å². The lowest BCUT2D eigenvalue weighted by Crippen LogP contribution is -2.53. The SMILES string of the molecule is COc1ccc(C2C3=CCC4C(=O)N(C5CCCCC5)C(=O)C4C3CC3C(=O)N(Nc4ncc(C(F)(F)F)cc4Cl)C(=O)C32c2ccc(Cl)cc2)c(O)c1. The van der Waals surface area contributed by atoms with Crippen LogP contribution >= 0.6 is 23.2 Å². The zero-order valence-electron chi connectivity index (χ0n) is 28.9. The number of imide groups is 2. The number of benzene rings is 2. The van der Waals surface area contributed by atoms with Crippen molar-refractivity contribution in [3.8, 4) is 11.5 Å². The van der Waals surface area contributed by atoms with E-state index >= 15 is 4.79 Å². The minimum Gasteiger partial charge on any atom is -0.508 e. The Hall–Kier alpha value is -4.62. The molecule has 1 aromatic heterocycles. The van der Waals surface area contributed by atoms with Crippen LogP contribution in [0.15, 0.2) is 66.4 Å². The molecule has 6 atom stereocenters. The number of allylic oxidation sites excluding steroid dienone is 2. The van der Waals surface area contributed by atoms with Crippen LogP contribution < -0.4 is 10.2 Å². The number of ether oxygens (including phenoxy) is 1. The van der Waals surface area contributed by atoms with Crippen molar-refractivity contribution in [3.05, 3.63) is 93.1 Å². The third-order valence-corrected chi connectivity index (χ3v) is 12.6. The topological polar surface area (TPSA) is 129 Å². The summed E-state index contributed by atoms with van der Waals surface area (Å²) in [4.78, 5) is 63.9. The molecule has 5 aliphatic rings. The van der Waals surface area contributed by atoms with Crippen LogP contribution in [0.2, 0.25) is 10.0 Å². The van der Waals surface area contributed by atoms with Gasteiger partial charge in [-0.05, 0) is 61.4 Å². The van der Waals surface area contributed by atoms with Crippen molar-refractivity contribution in [2.45, 2.75) is 68.5 Å². The van der Waals surface area contributed by atoms with E-state index in [-0.39, 0.29) is 47.8 Å². The molecule has 2 saturated carbocycles. The molecule has 4 amide bonds. The van der Waals surface area contributed by atoms with Crippen molar-refractivity contribution >= 4 is 52.6 Å². The lowest BCUT2D eigenvalue weighted by Gasteiger charge is -2.50. The van der Waals surface area contributed by atoms with Crippen molar-refractivity contribution < 1.29 is 42.2 Å². The molecule has 3 heterocycles. The minimum atomic E-state index is -4.75. The number of alkyl halides is 3. The molecule has 6 unspecified atom stereocenters. The van der Waals surface area contributed by atoms with Gasteiger partial charge in [0.1, 0.15) is 11.5 Å². The van der Waals surface area contributed by atoms with Crippen molar-refractivity contribution in [1.29, 1.82) is 0 Å². The van der Waals surface area contributed by atoms with E-state index in [1.807, 2.05) is 6.08 Å². The number of nitrogens with zero attached hydrogens (tertiary/aromatic N) is 3. The second-order valence-corrected chi connectivity index (χ2v) is 15.5. The van der Waals surface area contributed by atoms with E-state index in [1.165, 1.54) is 18.1 Å². The van der Waals surface area contributed by atoms with Gasteiger partial charge in [0.15, 0.2) is 5.82 Å². The first-order chi connectivity index (χ1) is 25.8. The molecule has 2 N–H and O–H groups in total. The molecular formula is C39H35Cl2F3N4O6. The molecule has 2 aromatic carbocycles. The van der Waals surface area contributed by atoms with E-state index in [1.54, 1.807) is 36.4 Å². The summed E-state index contributed by atoms with van der Waals surface area (Å²) in [7, 11) is 1.43. The number of carbonyl (C=O) groups is 4. The van der Waals surface area contributed by atoms with E-state index in [9.17, 15) is 32.7 Å². The second kappa shape index (κ2) is 13.3. The molecule has 10 nitrogen and oxygen atoms in total. The number of likely N-dealkylation sites (tertiary alicyclic amines) is 1. The highest BCUT2D eigenvalue weighted by atomic mass is 35.5. The largest absolute Gasteiger partial charge is 0.508 e. The van der Waals surface area contributed by atoms with Gasteiger partial charge in [-0.1, -0.05) is 72.3 Å². The molecule has 0 spiro atoms. The van der Waals surface area contributed by atoms with Crippen LogP contribution in [-0.4, -0.2) is 56.8 Å². The van der Waals surface area contributed by atoms with Crippen LogP contribution in [-0.2, 0) is 30.8 Å². The molecule has 0 bridgehead atoms. The third kappa shape index (κ3) is 5.48. The van der Waals surface area contributed by atoms with E-state index in [0.29, 0.717) is 34.2 Å². The first kappa shape index (κ1) is 36.4. The Kier molecular flexibility index (Phi) is 8.95.